The number of aliphatic hydroxyl groups is 1. The van der Waals surface area contributed by atoms with E-state index >= 15 is 0 Å². The molecule has 4 atom stereocenters. The van der Waals surface area contributed by atoms with Gasteiger partial charge in [-0.05, 0) is 23.3 Å². The van der Waals surface area contributed by atoms with Gasteiger partial charge >= 0.3 is 0 Å². The minimum absolute atomic E-state index is 0.253. The van der Waals surface area contributed by atoms with Gasteiger partial charge in [-0.1, -0.05) is 54.6 Å². The molecule has 5 heteroatoms. The summed E-state index contributed by atoms with van der Waals surface area (Å²) >= 11 is 0. The topological polar surface area (TPSA) is 66.8 Å². The Balaban J connectivity index is 1.49. The second-order valence-corrected chi connectivity index (χ2v) is 6.98. The van der Waals surface area contributed by atoms with Gasteiger partial charge in [-0.2, -0.15) is 0 Å². The standard InChI is InChI=1S/C21H17NO4/c23-12-21-11-10-16(26-21)17-18(21)20(25)22(19(17)24)15-8-6-14(7-9-15)13-4-2-1-3-5-13/h1-11,16-18,23H,12H2/t16-,17+,18+,21+/m1/s1. The first kappa shape index (κ1) is 15.5. The van der Waals surface area contributed by atoms with Gasteiger partial charge in [0.15, 0.2) is 0 Å². The lowest BCUT2D eigenvalue weighted by Crippen LogP contribution is -2.43. The van der Waals surface area contributed by atoms with E-state index in [0.717, 1.165) is 11.1 Å². The van der Waals surface area contributed by atoms with Gasteiger partial charge < -0.3 is 9.84 Å². The minimum atomic E-state index is -1.05. The van der Waals surface area contributed by atoms with E-state index in [-0.39, 0.29) is 18.4 Å². The first-order valence-corrected chi connectivity index (χ1v) is 8.66. The van der Waals surface area contributed by atoms with Crippen molar-refractivity contribution in [3.05, 3.63) is 66.7 Å². The van der Waals surface area contributed by atoms with Crippen molar-refractivity contribution in [1.29, 1.82) is 0 Å². The van der Waals surface area contributed by atoms with E-state index in [1.54, 1.807) is 24.3 Å². The van der Waals surface area contributed by atoms with Crippen LogP contribution in [0, 0.1) is 11.8 Å². The van der Waals surface area contributed by atoms with Crippen molar-refractivity contribution in [1.82, 2.24) is 0 Å². The second-order valence-electron chi connectivity index (χ2n) is 6.98. The van der Waals surface area contributed by atoms with E-state index in [0.29, 0.717) is 5.69 Å². The number of carbonyl (C=O) groups is 2. The normalized spacial score (nSPS) is 31.7. The number of amides is 2. The molecular weight excluding hydrogens is 330 g/mol. The number of aliphatic hydroxyl groups excluding tert-OH is 1. The van der Waals surface area contributed by atoms with Crippen LogP contribution in [0.2, 0.25) is 0 Å². The van der Waals surface area contributed by atoms with E-state index < -0.39 is 23.5 Å². The molecule has 0 unspecified atom stereocenters. The van der Waals surface area contributed by atoms with Crippen LogP contribution in [0.4, 0.5) is 5.69 Å². The Hall–Kier alpha value is -2.76. The van der Waals surface area contributed by atoms with Crippen molar-refractivity contribution in [2.45, 2.75) is 11.7 Å². The third-order valence-electron chi connectivity index (χ3n) is 5.63. The first-order chi connectivity index (χ1) is 12.6. The van der Waals surface area contributed by atoms with Crippen LogP contribution in [0.3, 0.4) is 0 Å². The van der Waals surface area contributed by atoms with E-state index in [2.05, 4.69) is 0 Å². The van der Waals surface area contributed by atoms with Gasteiger partial charge in [0, 0.05) is 0 Å². The Morgan fingerprint density at radius 3 is 2.35 bits per heavy atom. The van der Waals surface area contributed by atoms with Crippen molar-refractivity contribution in [3.63, 3.8) is 0 Å². The summed E-state index contributed by atoms with van der Waals surface area (Å²) in [5.41, 5.74) is 1.60. The molecule has 2 saturated heterocycles. The highest BCUT2D eigenvalue weighted by Gasteiger charge is 2.67. The number of hydrogen-bond donors (Lipinski definition) is 1. The maximum absolute atomic E-state index is 13.0. The molecule has 3 aliphatic heterocycles. The first-order valence-electron chi connectivity index (χ1n) is 8.66. The number of rotatable bonds is 3. The number of fused-ring (bicyclic) bond motifs is 5. The predicted octanol–water partition coefficient (Wildman–Crippen LogP) is 2.16. The maximum atomic E-state index is 13.0. The van der Waals surface area contributed by atoms with Crippen LogP contribution >= 0.6 is 0 Å². The second kappa shape index (κ2) is 5.37. The molecule has 2 bridgehead atoms. The van der Waals surface area contributed by atoms with Gasteiger partial charge in [0.25, 0.3) is 0 Å². The molecule has 0 aliphatic carbocycles. The maximum Gasteiger partial charge on any atom is 0.241 e. The number of nitrogens with zero attached hydrogens (tertiary/aromatic N) is 1. The van der Waals surface area contributed by atoms with Crippen molar-refractivity contribution >= 4 is 17.5 Å². The van der Waals surface area contributed by atoms with Crippen LogP contribution in [-0.2, 0) is 14.3 Å². The number of carbonyl (C=O) groups excluding carboxylic acids is 2. The molecule has 5 rings (SSSR count). The zero-order valence-corrected chi connectivity index (χ0v) is 13.9. The number of benzene rings is 2. The summed E-state index contributed by atoms with van der Waals surface area (Å²) < 4.78 is 5.75. The third kappa shape index (κ3) is 1.92. The molecule has 0 saturated carbocycles. The number of imide groups is 1. The van der Waals surface area contributed by atoms with E-state index in [1.165, 1.54) is 4.90 Å². The molecule has 3 heterocycles. The van der Waals surface area contributed by atoms with Crippen molar-refractivity contribution in [2.24, 2.45) is 11.8 Å². The fraction of sp³-hybridized carbons (Fsp3) is 0.238. The quantitative estimate of drug-likeness (QED) is 0.682. The summed E-state index contributed by atoms with van der Waals surface area (Å²) in [5, 5.41) is 9.76. The summed E-state index contributed by atoms with van der Waals surface area (Å²) in [4.78, 5) is 27.1. The van der Waals surface area contributed by atoms with Gasteiger partial charge in [0.1, 0.15) is 5.60 Å². The van der Waals surface area contributed by atoms with E-state index in [4.69, 9.17) is 4.74 Å². The molecule has 0 radical (unpaired) electrons. The van der Waals surface area contributed by atoms with E-state index in [1.807, 2.05) is 42.5 Å². The molecule has 0 spiro atoms. The molecular formula is C21H17NO4. The minimum Gasteiger partial charge on any atom is -0.393 e. The van der Waals surface area contributed by atoms with Crippen LogP contribution in [0.25, 0.3) is 11.1 Å². The average Bonchev–Trinajstić information content (AvgIpc) is 3.33. The average molecular weight is 347 g/mol. The van der Waals surface area contributed by atoms with E-state index in [9.17, 15) is 14.7 Å². The fourth-order valence-electron chi connectivity index (χ4n) is 4.37. The molecule has 2 aromatic rings. The van der Waals surface area contributed by atoms with Gasteiger partial charge in [-0.25, -0.2) is 4.90 Å². The Kier molecular flexibility index (Phi) is 3.20. The summed E-state index contributed by atoms with van der Waals surface area (Å²) in [5.74, 6) is -1.75. The highest BCUT2D eigenvalue weighted by Crippen LogP contribution is 2.52. The lowest BCUT2D eigenvalue weighted by Gasteiger charge is -2.26. The Labute approximate surface area is 150 Å². The summed E-state index contributed by atoms with van der Waals surface area (Å²) in [6, 6.07) is 17.3. The SMILES string of the molecule is O=C1[C@@H]2[C@@H](C(=O)N1c1ccc(-c3ccccc3)cc1)[C@@]1(CO)C=C[C@H]2O1. The molecule has 1 N–H and O–H groups in total. The van der Waals surface area contributed by atoms with Gasteiger partial charge in [-0.15, -0.1) is 0 Å². The Bertz CT molecular complexity index is 921. The van der Waals surface area contributed by atoms with Crippen LogP contribution < -0.4 is 4.90 Å². The zero-order chi connectivity index (χ0) is 17.9. The number of anilines is 1. The lowest BCUT2D eigenvalue weighted by atomic mass is 9.77. The number of hydrogen-bond acceptors (Lipinski definition) is 4. The lowest BCUT2D eigenvalue weighted by molar-refractivity contribution is -0.128. The summed E-state index contributed by atoms with van der Waals surface area (Å²) in [6.07, 6.45) is 3.08. The van der Waals surface area contributed by atoms with Crippen LogP contribution in [0.15, 0.2) is 66.7 Å². The third-order valence-corrected chi connectivity index (χ3v) is 5.63. The van der Waals surface area contributed by atoms with Gasteiger partial charge in [-0.3, -0.25) is 9.59 Å². The largest absolute Gasteiger partial charge is 0.393 e. The molecule has 0 aromatic heterocycles. The molecule has 130 valence electrons. The highest BCUT2D eigenvalue weighted by molar-refractivity contribution is 6.23. The van der Waals surface area contributed by atoms with Gasteiger partial charge in [0.2, 0.25) is 11.8 Å². The summed E-state index contributed by atoms with van der Waals surface area (Å²) in [6.45, 7) is -0.305. The molecule has 5 nitrogen and oxygen atoms in total. The van der Waals surface area contributed by atoms with Crippen LogP contribution in [-0.4, -0.2) is 35.2 Å². The Morgan fingerprint density at radius 1 is 0.962 bits per heavy atom. The molecule has 2 amide bonds. The van der Waals surface area contributed by atoms with Gasteiger partial charge in [0.05, 0.1) is 30.2 Å². The molecule has 3 aliphatic rings. The predicted molar refractivity (Wildman–Crippen MR) is 95.2 cm³/mol. The highest BCUT2D eigenvalue weighted by atomic mass is 16.5. The monoisotopic (exact) mass is 347 g/mol. The summed E-state index contributed by atoms with van der Waals surface area (Å²) in [7, 11) is 0. The van der Waals surface area contributed by atoms with Crippen LogP contribution in [0.1, 0.15) is 0 Å². The van der Waals surface area contributed by atoms with Crippen molar-refractivity contribution in [3.8, 4) is 11.1 Å². The van der Waals surface area contributed by atoms with Crippen molar-refractivity contribution in [2.75, 3.05) is 11.5 Å². The Morgan fingerprint density at radius 2 is 1.65 bits per heavy atom. The fourth-order valence-corrected chi connectivity index (χ4v) is 4.37. The van der Waals surface area contributed by atoms with Crippen molar-refractivity contribution < 1.29 is 19.4 Å². The molecule has 2 aromatic carbocycles. The number of ether oxygens (including phenoxy) is 1. The molecule has 2 fully saturated rings. The van der Waals surface area contributed by atoms with Crippen LogP contribution in [0.5, 0.6) is 0 Å². The molecule has 26 heavy (non-hydrogen) atoms. The smallest absolute Gasteiger partial charge is 0.241 e. The zero-order valence-electron chi connectivity index (χ0n) is 13.9.